The van der Waals surface area contributed by atoms with Gasteiger partial charge in [0.05, 0.1) is 11.6 Å². The molecule has 4 heteroatoms. The Morgan fingerprint density at radius 2 is 1.88 bits per heavy atom. The molecule has 2 unspecified atom stereocenters. The summed E-state index contributed by atoms with van der Waals surface area (Å²) in [6.45, 7) is 0. The number of hydrogen-bond donors (Lipinski definition) is 2. The quantitative estimate of drug-likeness (QED) is 0.837. The fraction of sp³-hybridized carbons (Fsp3) is 0.167. The van der Waals surface area contributed by atoms with E-state index in [-0.39, 0.29) is 6.04 Å². The Kier molecular flexibility index (Phi) is 3.22. The highest BCUT2D eigenvalue weighted by Gasteiger charge is 2.37. The van der Waals surface area contributed by atoms with Crippen LogP contribution < -0.4 is 11.5 Å². The lowest BCUT2D eigenvalue weighted by atomic mass is 9.81. The van der Waals surface area contributed by atoms with Crippen molar-refractivity contribution in [2.45, 2.75) is 11.6 Å². The molecule has 2 nitrogen and oxygen atoms in total. The van der Waals surface area contributed by atoms with Gasteiger partial charge in [-0.3, -0.25) is 0 Å². The molecule has 2 rings (SSSR count). The molecule has 84 valence electrons. The van der Waals surface area contributed by atoms with E-state index in [1.807, 2.05) is 36.4 Å². The maximum absolute atomic E-state index is 6.33. The molecular formula is C12H12BrClN2. The summed E-state index contributed by atoms with van der Waals surface area (Å²) in [6, 6.07) is 7.41. The zero-order valence-corrected chi connectivity index (χ0v) is 10.9. The Morgan fingerprint density at radius 3 is 2.44 bits per heavy atom. The van der Waals surface area contributed by atoms with Crippen LogP contribution in [-0.4, -0.2) is 6.04 Å². The second-order valence-electron chi connectivity index (χ2n) is 3.80. The topological polar surface area (TPSA) is 52.0 Å². The zero-order chi connectivity index (χ0) is 11.8. The van der Waals surface area contributed by atoms with Gasteiger partial charge in [0, 0.05) is 9.51 Å². The summed E-state index contributed by atoms with van der Waals surface area (Å²) in [6.07, 6.45) is 5.47. The highest BCUT2D eigenvalue weighted by molar-refractivity contribution is 9.10. The molecule has 0 amide bonds. The molecule has 0 saturated carbocycles. The molecule has 1 aromatic rings. The number of nitrogens with two attached hydrogens (primary N) is 2. The molecule has 0 fully saturated rings. The minimum Gasteiger partial charge on any atom is -0.322 e. The lowest BCUT2D eigenvalue weighted by Crippen LogP contribution is -2.52. The number of halogens is 2. The van der Waals surface area contributed by atoms with Crippen LogP contribution in [0.15, 0.2) is 52.0 Å². The van der Waals surface area contributed by atoms with Crippen molar-refractivity contribution in [2.75, 3.05) is 0 Å². The van der Waals surface area contributed by atoms with Gasteiger partial charge in [0.15, 0.2) is 0 Å². The number of benzene rings is 1. The van der Waals surface area contributed by atoms with E-state index in [2.05, 4.69) is 15.9 Å². The van der Waals surface area contributed by atoms with Gasteiger partial charge >= 0.3 is 0 Å². The first kappa shape index (κ1) is 11.9. The van der Waals surface area contributed by atoms with Crippen LogP contribution in [-0.2, 0) is 5.54 Å². The molecule has 4 N–H and O–H groups in total. The van der Waals surface area contributed by atoms with Crippen LogP contribution in [0.3, 0.4) is 0 Å². The van der Waals surface area contributed by atoms with Gasteiger partial charge in [0.1, 0.15) is 0 Å². The summed E-state index contributed by atoms with van der Waals surface area (Å²) >= 11 is 9.57. The van der Waals surface area contributed by atoms with E-state index < -0.39 is 5.54 Å². The van der Waals surface area contributed by atoms with E-state index in [4.69, 9.17) is 23.1 Å². The molecule has 0 bridgehead atoms. The average molecular weight is 300 g/mol. The van der Waals surface area contributed by atoms with Gasteiger partial charge in [-0.15, -0.1) is 0 Å². The summed E-state index contributed by atoms with van der Waals surface area (Å²) in [5.74, 6) is 0. The Bertz CT molecular complexity index is 453. The van der Waals surface area contributed by atoms with Crippen molar-refractivity contribution in [3.05, 3.63) is 57.6 Å². The van der Waals surface area contributed by atoms with E-state index in [0.717, 1.165) is 10.0 Å². The summed E-state index contributed by atoms with van der Waals surface area (Å²) in [5, 5.41) is 0.560. The lowest BCUT2D eigenvalue weighted by molar-refractivity contribution is 0.482. The average Bonchev–Trinajstić information content (AvgIpc) is 2.27. The van der Waals surface area contributed by atoms with Crippen molar-refractivity contribution >= 4 is 27.5 Å². The van der Waals surface area contributed by atoms with Crippen molar-refractivity contribution in [2.24, 2.45) is 11.5 Å². The predicted molar refractivity (Wildman–Crippen MR) is 71.1 cm³/mol. The van der Waals surface area contributed by atoms with E-state index >= 15 is 0 Å². The molecule has 1 aliphatic rings. The van der Waals surface area contributed by atoms with Gasteiger partial charge in [0.2, 0.25) is 0 Å². The SMILES string of the molecule is NC1C=CC=C(Cl)C1(N)c1ccc(Br)cc1. The predicted octanol–water partition coefficient (Wildman–Crippen LogP) is 2.62. The number of hydrogen-bond acceptors (Lipinski definition) is 2. The Hall–Kier alpha value is -0.610. The fourth-order valence-corrected chi connectivity index (χ4v) is 2.34. The smallest absolute Gasteiger partial charge is 0.0962 e. The van der Waals surface area contributed by atoms with Crippen LogP contribution in [0, 0.1) is 0 Å². The van der Waals surface area contributed by atoms with Gasteiger partial charge in [-0.1, -0.05) is 51.8 Å². The van der Waals surface area contributed by atoms with Gasteiger partial charge in [-0.25, -0.2) is 0 Å². The molecule has 0 heterocycles. The molecule has 2 atom stereocenters. The molecule has 1 aromatic carbocycles. The van der Waals surface area contributed by atoms with E-state index in [1.54, 1.807) is 6.08 Å². The molecule has 0 aromatic heterocycles. The third kappa shape index (κ3) is 1.84. The van der Waals surface area contributed by atoms with Crippen molar-refractivity contribution in [3.63, 3.8) is 0 Å². The Labute approximate surface area is 108 Å². The highest BCUT2D eigenvalue weighted by Crippen LogP contribution is 2.35. The first-order chi connectivity index (χ1) is 7.55. The first-order valence-electron chi connectivity index (χ1n) is 4.90. The third-order valence-corrected chi connectivity index (χ3v) is 3.77. The summed E-state index contributed by atoms with van der Waals surface area (Å²) in [7, 11) is 0. The van der Waals surface area contributed by atoms with Crippen molar-refractivity contribution in [3.8, 4) is 0 Å². The zero-order valence-electron chi connectivity index (χ0n) is 8.53. The molecule has 16 heavy (non-hydrogen) atoms. The van der Waals surface area contributed by atoms with E-state index in [9.17, 15) is 0 Å². The Morgan fingerprint density at radius 1 is 1.25 bits per heavy atom. The minimum atomic E-state index is -0.822. The minimum absolute atomic E-state index is 0.314. The van der Waals surface area contributed by atoms with Crippen LogP contribution >= 0.6 is 27.5 Å². The van der Waals surface area contributed by atoms with Crippen LogP contribution in [0.25, 0.3) is 0 Å². The molecule has 0 spiro atoms. The highest BCUT2D eigenvalue weighted by atomic mass is 79.9. The molecule has 1 aliphatic carbocycles. The summed E-state index contributed by atoms with van der Waals surface area (Å²) in [4.78, 5) is 0. The monoisotopic (exact) mass is 298 g/mol. The van der Waals surface area contributed by atoms with Gasteiger partial charge in [0.25, 0.3) is 0 Å². The second-order valence-corrected chi connectivity index (χ2v) is 5.12. The summed E-state index contributed by atoms with van der Waals surface area (Å²) in [5.41, 5.74) is 12.4. The van der Waals surface area contributed by atoms with Crippen LogP contribution in [0.1, 0.15) is 5.56 Å². The van der Waals surface area contributed by atoms with Crippen molar-refractivity contribution in [1.82, 2.24) is 0 Å². The van der Waals surface area contributed by atoms with Gasteiger partial charge in [-0.2, -0.15) is 0 Å². The second kappa shape index (κ2) is 4.34. The maximum Gasteiger partial charge on any atom is 0.0962 e. The van der Waals surface area contributed by atoms with Crippen LogP contribution in [0.2, 0.25) is 0 Å². The van der Waals surface area contributed by atoms with E-state index in [1.165, 1.54) is 0 Å². The fourth-order valence-electron chi connectivity index (χ4n) is 1.76. The lowest BCUT2D eigenvalue weighted by Gasteiger charge is -2.35. The normalized spacial score (nSPS) is 29.0. The van der Waals surface area contributed by atoms with Crippen molar-refractivity contribution in [1.29, 1.82) is 0 Å². The summed E-state index contributed by atoms with van der Waals surface area (Å²) < 4.78 is 1.000. The van der Waals surface area contributed by atoms with Gasteiger partial charge in [-0.05, 0) is 23.8 Å². The van der Waals surface area contributed by atoms with Crippen LogP contribution in [0.5, 0.6) is 0 Å². The number of allylic oxidation sites excluding steroid dienone is 2. The maximum atomic E-state index is 6.33. The largest absolute Gasteiger partial charge is 0.322 e. The molecule has 0 aliphatic heterocycles. The van der Waals surface area contributed by atoms with Crippen LogP contribution in [0.4, 0.5) is 0 Å². The van der Waals surface area contributed by atoms with E-state index in [0.29, 0.717) is 5.03 Å². The molecular weight excluding hydrogens is 288 g/mol. The molecule has 0 saturated heterocycles. The van der Waals surface area contributed by atoms with Gasteiger partial charge < -0.3 is 11.5 Å². The molecule has 0 radical (unpaired) electrons. The first-order valence-corrected chi connectivity index (χ1v) is 6.07. The third-order valence-electron chi connectivity index (χ3n) is 2.80. The standard InChI is InChI=1S/C12H12BrClN2/c13-9-6-4-8(5-7-9)12(16)10(14)2-1-3-11(12)15/h1-7,11H,15-16H2. The Balaban J connectivity index is 2.49. The van der Waals surface area contributed by atoms with Crippen molar-refractivity contribution < 1.29 is 0 Å². The number of rotatable bonds is 1.